The number of benzene rings is 2. The Morgan fingerprint density at radius 3 is 1.62 bits per heavy atom. The molecule has 0 aromatic heterocycles. The number of thiol groups is 1. The third kappa shape index (κ3) is 1.88. The van der Waals surface area contributed by atoms with Crippen molar-refractivity contribution in [1.82, 2.24) is 0 Å². The van der Waals surface area contributed by atoms with Crippen molar-refractivity contribution in [1.29, 1.82) is 0 Å². The van der Waals surface area contributed by atoms with Gasteiger partial charge in [0.05, 0.1) is 0 Å². The zero-order valence-electron chi connectivity index (χ0n) is 9.91. The Kier molecular flexibility index (Phi) is 3.06. The molecule has 0 aliphatic carbocycles. The maximum Gasteiger partial charge on any atom is 0.0121 e. The lowest BCUT2D eigenvalue weighted by Gasteiger charge is -2.14. The van der Waals surface area contributed by atoms with E-state index in [9.17, 15) is 0 Å². The molecule has 16 heavy (non-hydrogen) atoms. The van der Waals surface area contributed by atoms with Crippen LogP contribution in [-0.4, -0.2) is 0 Å². The van der Waals surface area contributed by atoms with E-state index in [1.165, 1.54) is 27.8 Å². The fourth-order valence-corrected chi connectivity index (χ4v) is 2.56. The summed E-state index contributed by atoms with van der Waals surface area (Å²) in [5.74, 6) is 0. The van der Waals surface area contributed by atoms with E-state index in [4.69, 9.17) is 0 Å². The Bertz CT molecular complexity index is 437. The predicted octanol–water partition coefficient (Wildman–Crippen LogP) is 4.57. The fourth-order valence-electron chi connectivity index (χ4n) is 2.19. The summed E-state index contributed by atoms with van der Waals surface area (Å²) in [5, 5.41) is 0. The smallest absolute Gasteiger partial charge is 0.0121 e. The van der Waals surface area contributed by atoms with Crippen LogP contribution in [-0.2, 0) is 0 Å². The van der Waals surface area contributed by atoms with Crippen molar-refractivity contribution >= 4 is 12.6 Å². The molecule has 0 atom stereocenters. The quantitative estimate of drug-likeness (QED) is 0.679. The number of hydrogen-bond donors (Lipinski definition) is 1. The molecule has 0 fully saturated rings. The van der Waals surface area contributed by atoms with Crippen LogP contribution in [0.15, 0.2) is 41.3 Å². The highest BCUT2D eigenvalue weighted by atomic mass is 32.1. The Morgan fingerprint density at radius 2 is 1.12 bits per heavy atom. The molecule has 1 heteroatoms. The van der Waals surface area contributed by atoms with Gasteiger partial charge in [-0.1, -0.05) is 30.3 Å². The zero-order valence-corrected chi connectivity index (χ0v) is 10.8. The van der Waals surface area contributed by atoms with Gasteiger partial charge in [0, 0.05) is 4.90 Å². The Labute approximate surface area is 103 Å². The summed E-state index contributed by atoms with van der Waals surface area (Å²) in [5.41, 5.74) is 6.49. The van der Waals surface area contributed by atoms with Crippen LogP contribution < -0.4 is 0 Å². The summed E-state index contributed by atoms with van der Waals surface area (Å²) >= 11 is 4.57. The van der Waals surface area contributed by atoms with Crippen LogP contribution >= 0.6 is 12.6 Å². The minimum atomic E-state index is 1.05. The second-order valence-corrected chi connectivity index (χ2v) is 4.72. The molecule has 0 aliphatic heterocycles. The first kappa shape index (κ1) is 11.3. The average Bonchev–Trinajstić information content (AvgIpc) is 2.21. The molecule has 0 aliphatic rings. The Balaban J connectivity index is 2.77. The number of aryl methyl sites for hydroxylation is 3. The fraction of sp³-hybridized carbons (Fsp3) is 0.200. The summed E-state index contributed by atoms with van der Waals surface area (Å²) in [7, 11) is 0. The van der Waals surface area contributed by atoms with Crippen molar-refractivity contribution < 1.29 is 0 Å². The third-order valence-corrected chi connectivity index (χ3v) is 3.35. The minimum absolute atomic E-state index is 1.05. The summed E-state index contributed by atoms with van der Waals surface area (Å²) in [6.07, 6.45) is 0. The number of hydrogen-bond acceptors (Lipinski definition) is 1. The van der Waals surface area contributed by atoms with E-state index in [1.807, 2.05) is 0 Å². The van der Waals surface area contributed by atoms with Crippen molar-refractivity contribution in [3.63, 3.8) is 0 Å². The molecule has 2 aromatic rings. The molecule has 82 valence electrons. The summed E-state index contributed by atoms with van der Waals surface area (Å²) < 4.78 is 0. The predicted molar refractivity (Wildman–Crippen MR) is 73.3 cm³/mol. The topological polar surface area (TPSA) is 0 Å². The van der Waals surface area contributed by atoms with E-state index in [2.05, 4.69) is 69.8 Å². The van der Waals surface area contributed by atoms with E-state index in [1.54, 1.807) is 0 Å². The molecular formula is C15H16S. The number of rotatable bonds is 1. The summed E-state index contributed by atoms with van der Waals surface area (Å²) in [4.78, 5) is 1.05. The van der Waals surface area contributed by atoms with Crippen LogP contribution in [0.1, 0.15) is 16.7 Å². The maximum atomic E-state index is 4.57. The van der Waals surface area contributed by atoms with Gasteiger partial charge in [0.1, 0.15) is 0 Å². The first-order chi connectivity index (χ1) is 7.61. The molecule has 2 rings (SSSR count). The molecule has 0 saturated heterocycles. The average molecular weight is 228 g/mol. The van der Waals surface area contributed by atoms with Gasteiger partial charge in [-0.15, -0.1) is 12.6 Å². The van der Waals surface area contributed by atoms with Crippen LogP contribution in [0.3, 0.4) is 0 Å². The van der Waals surface area contributed by atoms with Crippen LogP contribution in [0.2, 0.25) is 0 Å². The largest absolute Gasteiger partial charge is 0.143 e. The van der Waals surface area contributed by atoms with E-state index in [-0.39, 0.29) is 0 Å². The van der Waals surface area contributed by atoms with Crippen molar-refractivity contribution in [2.75, 3.05) is 0 Å². The highest BCUT2D eigenvalue weighted by molar-refractivity contribution is 7.80. The van der Waals surface area contributed by atoms with Gasteiger partial charge in [0.25, 0.3) is 0 Å². The normalized spacial score (nSPS) is 10.5. The molecule has 0 bridgehead atoms. The van der Waals surface area contributed by atoms with E-state index in [0.717, 1.165) is 4.90 Å². The third-order valence-electron chi connectivity index (χ3n) is 2.98. The molecule has 0 saturated carbocycles. The van der Waals surface area contributed by atoms with Gasteiger partial charge in [-0.3, -0.25) is 0 Å². The van der Waals surface area contributed by atoms with Crippen molar-refractivity contribution in [2.45, 2.75) is 25.7 Å². The van der Waals surface area contributed by atoms with Gasteiger partial charge in [-0.05, 0) is 54.7 Å². The van der Waals surface area contributed by atoms with Gasteiger partial charge >= 0.3 is 0 Å². The van der Waals surface area contributed by atoms with Crippen LogP contribution in [0, 0.1) is 20.8 Å². The summed E-state index contributed by atoms with van der Waals surface area (Å²) in [6.45, 7) is 6.45. The highest BCUT2D eigenvalue weighted by Gasteiger charge is 2.10. The second kappa shape index (κ2) is 4.34. The van der Waals surface area contributed by atoms with Gasteiger partial charge in [-0.25, -0.2) is 0 Å². The molecule has 0 radical (unpaired) electrons. The van der Waals surface area contributed by atoms with Gasteiger partial charge in [0.15, 0.2) is 0 Å². The lowest BCUT2D eigenvalue weighted by atomic mass is 9.93. The molecular weight excluding hydrogens is 212 g/mol. The van der Waals surface area contributed by atoms with E-state index in [0.29, 0.717) is 0 Å². The van der Waals surface area contributed by atoms with Crippen LogP contribution in [0.5, 0.6) is 0 Å². The molecule has 2 aromatic carbocycles. The first-order valence-corrected chi connectivity index (χ1v) is 5.91. The van der Waals surface area contributed by atoms with E-state index >= 15 is 0 Å². The lowest BCUT2D eigenvalue weighted by Crippen LogP contribution is -1.91. The first-order valence-electron chi connectivity index (χ1n) is 5.46. The molecule has 0 spiro atoms. The minimum Gasteiger partial charge on any atom is -0.143 e. The lowest BCUT2D eigenvalue weighted by molar-refractivity contribution is 1.30. The Morgan fingerprint density at radius 1 is 0.688 bits per heavy atom. The summed E-state index contributed by atoms with van der Waals surface area (Å²) in [6, 6.07) is 12.7. The molecule has 0 N–H and O–H groups in total. The maximum absolute atomic E-state index is 4.57. The van der Waals surface area contributed by atoms with Crippen molar-refractivity contribution in [3.05, 3.63) is 53.1 Å². The standard InChI is InChI=1S/C15H16S/c1-10-6-4-7-11(2)14(10)15-12(3)8-5-9-13(15)16/h4-9,16H,1-3H3. The second-order valence-electron chi connectivity index (χ2n) is 4.24. The van der Waals surface area contributed by atoms with Gasteiger partial charge < -0.3 is 0 Å². The van der Waals surface area contributed by atoms with Crippen LogP contribution in [0.25, 0.3) is 11.1 Å². The monoisotopic (exact) mass is 228 g/mol. The molecule has 0 unspecified atom stereocenters. The molecule has 0 nitrogen and oxygen atoms in total. The van der Waals surface area contributed by atoms with Crippen LogP contribution in [0.4, 0.5) is 0 Å². The molecule has 0 heterocycles. The van der Waals surface area contributed by atoms with Gasteiger partial charge in [-0.2, -0.15) is 0 Å². The van der Waals surface area contributed by atoms with E-state index < -0.39 is 0 Å². The van der Waals surface area contributed by atoms with Crippen molar-refractivity contribution in [2.24, 2.45) is 0 Å². The zero-order chi connectivity index (χ0) is 11.7. The highest BCUT2D eigenvalue weighted by Crippen LogP contribution is 2.34. The molecule has 0 amide bonds. The van der Waals surface area contributed by atoms with Crippen molar-refractivity contribution in [3.8, 4) is 11.1 Å². The Hall–Kier alpha value is -1.21. The SMILES string of the molecule is Cc1cccc(C)c1-c1c(C)cccc1S. The van der Waals surface area contributed by atoms with Gasteiger partial charge in [0.2, 0.25) is 0 Å².